The topological polar surface area (TPSA) is 106 Å². The second-order valence-corrected chi connectivity index (χ2v) is 7.28. The molecule has 0 atom stereocenters. The van der Waals surface area contributed by atoms with Crippen molar-refractivity contribution in [2.24, 2.45) is 0 Å². The number of aryl methyl sites for hydroxylation is 1. The molecule has 0 unspecified atom stereocenters. The van der Waals surface area contributed by atoms with E-state index in [0.29, 0.717) is 39.9 Å². The third-order valence-corrected chi connectivity index (χ3v) is 5.29. The lowest BCUT2D eigenvalue weighted by molar-refractivity contribution is 0.103. The summed E-state index contributed by atoms with van der Waals surface area (Å²) in [7, 11) is 7.43. The molecule has 0 saturated heterocycles. The first-order chi connectivity index (χ1) is 16.4. The number of ketones is 1. The maximum atomic E-state index is 13.7. The molecular formula is C24H24N4O6. The van der Waals surface area contributed by atoms with Crippen molar-refractivity contribution in [2.45, 2.75) is 6.92 Å². The molecule has 3 aromatic heterocycles. The highest BCUT2D eigenvalue weighted by Crippen LogP contribution is 2.39. The van der Waals surface area contributed by atoms with Gasteiger partial charge in [0.05, 0.1) is 46.8 Å². The summed E-state index contributed by atoms with van der Waals surface area (Å²) in [5.41, 5.74) is 3.14. The smallest absolute Gasteiger partial charge is 0.322 e. The lowest BCUT2D eigenvalue weighted by Crippen LogP contribution is -2.07. The van der Waals surface area contributed by atoms with E-state index < -0.39 is 0 Å². The van der Waals surface area contributed by atoms with E-state index in [2.05, 4.69) is 15.0 Å². The summed E-state index contributed by atoms with van der Waals surface area (Å²) < 4.78 is 28.4. The van der Waals surface area contributed by atoms with Crippen LogP contribution in [0.3, 0.4) is 0 Å². The van der Waals surface area contributed by atoms with Gasteiger partial charge in [-0.25, -0.2) is 0 Å². The zero-order chi connectivity index (χ0) is 24.4. The molecule has 0 saturated carbocycles. The number of carbonyl (C=O) groups excluding carboxylic acids is 1. The van der Waals surface area contributed by atoms with Crippen LogP contribution in [0.5, 0.6) is 29.3 Å². The van der Waals surface area contributed by atoms with Gasteiger partial charge >= 0.3 is 12.0 Å². The molecule has 0 aliphatic carbocycles. The van der Waals surface area contributed by atoms with E-state index in [0.717, 1.165) is 11.1 Å². The van der Waals surface area contributed by atoms with Crippen molar-refractivity contribution in [1.82, 2.24) is 19.4 Å². The number of benzene rings is 1. The number of methoxy groups -OCH3 is 5. The van der Waals surface area contributed by atoms with Crippen LogP contribution in [0.15, 0.2) is 36.5 Å². The standard InChI is InChI=1S/C24H24N4O6/c1-13-7-8-28-16(9-13)15(22-25-23(33-5)27-24(26-22)34-6)12-17(28)20(29)14-10-18(30-2)21(32-4)19(11-14)31-3/h7-12H,1-6H3. The van der Waals surface area contributed by atoms with Gasteiger partial charge in [0.15, 0.2) is 17.3 Å². The van der Waals surface area contributed by atoms with Crippen LogP contribution in [-0.4, -0.2) is 60.7 Å². The average molecular weight is 464 g/mol. The minimum atomic E-state index is -0.252. The van der Waals surface area contributed by atoms with Crippen LogP contribution < -0.4 is 23.7 Å². The quantitative estimate of drug-likeness (QED) is 0.363. The second-order valence-electron chi connectivity index (χ2n) is 7.28. The molecular weight excluding hydrogens is 440 g/mol. The molecule has 10 heteroatoms. The van der Waals surface area contributed by atoms with Gasteiger partial charge in [0.25, 0.3) is 0 Å². The molecule has 0 fully saturated rings. The second kappa shape index (κ2) is 9.26. The van der Waals surface area contributed by atoms with Crippen molar-refractivity contribution in [3.8, 4) is 40.7 Å². The lowest BCUT2D eigenvalue weighted by Gasteiger charge is -2.13. The Bertz CT molecular complexity index is 1330. The van der Waals surface area contributed by atoms with Gasteiger partial charge in [0, 0.05) is 17.3 Å². The third kappa shape index (κ3) is 3.94. The summed E-state index contributed by atoms with van der Waals surface area (Å²) >= 11 is 0. The van der Waals surface area contributed by atoms with Gasteiger partial charge < -0.3 is 28.1 Å². The number of pyridine rings is 1. The number of rotatable bonds is 8. The number of aromatic nitrogens is 4. The summed E-state index contributed by atoms with van der Waals surface area (Å²) in [6, 6.07) is 9.03. The number of nitrogens with zero attached hydrogens (tertiary/aromatic N) is 4. The van der Waals surface area contributed by atoms with E-state index in [-0.39, 0.29) is 17.8 Å². The third-order valence-electron chi connectivity index (χ3n) is 5.29. The van der Waals surface area contributed by atoms with Crippen LogP contribution in [0, 0.1) is 6.92 Å². The fraction of sp³-hybridized carbons (Fsp3) is 0.250. The number of carbonyl (C=O) groups is 1. The fourth-order valence-electron chi connectivity index (χ4n) is 3.66. The minimum absolute atomic E-state index is 0.103. The number of hydrogen-bond acceptors (Lipinski definition) is 9. The fourth-order valence-corrected chi connectivity index (χ4v) is 3.66. The Hall–Kier alpha value is -4.34. The Morgan fingerprint density at radius 2 is 1.41 bits per heavy atom. The molecule has 0 aliphatic heterocycles. The first-order valence-corrected chi connectivity index (χ1v) is 10.2. The molecule has 34 heavy (non-hydrogen) atoms. The van der Waals surface area contributed by atoms with Crippen molar-refractivity contribution < 1.29 is 28.5 Å². The normalized spacial score (nSPS) is 10.8. The predicted molar refractivity (Wildman–Crippen MR) is 124 cm³/mol. The van der Waals surface area contributed by atoms with Gasteiger partial charge in [-0.05, 0) is 42.8 Å². The zero-order valence-electron chi connectivity index (χ0n) is 19.7. The van der Waals surface area contributed by atoms with Gasteiger partial charge in [0.2, 0.25) is 11.5 Å². The van der Waals surface area contributed by atoms with E-state index in [9.17, 15) is 4.79 Å². The molecule has 176 valence electrons. The Labute approximate surface area is 196 Å². The predicted octanol–water partition coefficient (Wildman–Crippen LogP) is 3.37. The Morgan fingerprint density at radius 3 is 1.94 bits per heavy atom. The maximum absolute atomic E-state index is 13.7. The highest BCUT2D eigenvalue weighted by atomic mass is 16.5. The Morgan fingerprint density at radius 1 is 0.794 bits per heavy atom. The molecule has 4 aromatic rings. The highest BCUT2D eigenvalue weighted by molar-refractivity contribution is 6.10. The minimum Gasteiger partial charge on any atom is -0.493 e. The summed E-state index contributed by atoms with van der Waals surface area (Å²) in [6.45, 7) is 1.96. The highest BCUT2D eigenvalue weighted by Gasteiger charge is 2.23. The molecule has 4 rings (SSSR count). The number of hydrogen-bond donors (Lipinski definition) is 0. The first-order valence-electron chi connectivity index (χ1n) is 10.2. The summed E-state index contributed by atoms with van der Waals surface area (Å²) in [6.07, 6.45) is 1.83. The summed E-state index contributed by atoms with van der Waals surface area (Å²) in [5, 5.41) is 0. The molecule has 3 heterocycles. The van der Waals surface area contributed by atoms with Gasteiger partial charge in [-0.3, -0.25) is 4.79 Å². The van der Waals surface area contributed by atoms with Gasteiger partial charge in [0.1, 0.15) is 0 Å². The largest absolute Gasteiger partial charge is 0.493 e. The van der Waals surface area contributed by atoms with E-state index in [1.54, 1.807) is 22.6 Å². The van der Waals surface area contributed by atoms with Crippen molar-refractivity contribution in [3.05, 3.63) is 53.3 Å². The van der Waals surface area contributed by atoms with Gasteiger partial charge in [-0.1, -0.05) is 0 Å². The average Bonchev–Trinajstić information content (AvgIpc) is 3.25. The zero-order valence-corrected chi connectivity index (χ0v) is 19.7. The van der Waals surface area contributed by atoms with E-state index in [1.807, 2.05) is 25.3 Å². The van der Waals surface area contributed by atoms with Crippen molar-refractivity contribution in [2.75, 3.05) is 35.5 Å². The van der Waals surface area contributed by atoms with Gasteiger partial charge in [-0.2, -0.15) is 9.97 Å². The Balaban J connectivity index is 1.93. The van der Waals surface area contributed by atoms with Crippen molar-refractivity contribution in [1.29, 1.82) is 0 Å². The monoisotopic (exact) mass is 464 g/mol. The van der Waals surface area contributed by atoms with Crippen LogP contribution in [0.4, 0.5) is 0 Å². The van der Waals surface area contributed by atoms with Gasteiger partial charge in [-0.15, -0.1) is 4.98 Å². The molecule has 0 N–H and O–H groups in total. The van der Waals surface area contributed by atoms with Crippen molar-refractivity contribution in [3.63, 3.8) is 0 Å². The molecule has 0 spiro atoms. The number of fused-ring (bicyclic) bond motifs is 1. The molecule has 0 radical (unpaired) electrons. The SMILES string of the molecule is COc1nc(OC)nc(-c2cc(C(=O)c3cc(OC)c(OC)c(OC)c3)n3ccc(C)cc23)n1. The van der Waals surface area contributed by atoms with Crippen molar-refractivity contribution >= 4 is 11.3 Å². The lowest BCUT2D eigenvalue weighted by atomic mass is 10.1. The molecule has 1 aromatic carbocycles. The van der Waals surface area contributed by atoms with Crippen LogP contribution in [-0.2, 0) is 0 Å². The summed E-state index contributed by atoms with van der Waals surface area (Å²) in [4.78, 5) is 26.5. The van der Waals surface area contributed by atoms with Crippen LogP contribution in [0.1, 0.15) is 21.6 Å². The van der Waals surface area contributed by atoms with Crippen LogP contribution >= 0.6 is 0 Å². The van der Waals surface area contributed by atoms with E-state index in [4.69, 9.17) is 23.7 Å². The molecule has 0 amide bonds. The van der Waals surface area contributed by atoms with Crippen LogP contribution in [0.2, 0.25) is 0 Å². The number of ether oxygens (including phenoxy) is 5. The summed E-state index contributed by atoms with van der Waals surface area (Å²) in [5.74, 6) is 1.23. The van der Waals surface area contributed by atoms with E-state index >= 15 is 0 Å². The first kappa shape index (κ1) is 22.8. The van der Waals surface area contributed by atoms with Crippen LogP contribution in [0.25, 0.3) is 16.9 Å². The van der Waals surface area contributed by atoms with E-state index in [1.165, 1.54) is 35.5 Å². The molecule has 0 bridgehead atoms. The molecule has 10 nitrogen and oxygen atoms in total. The maximum Gasteiger partial charge on any atom is 0.322 e. The molecule has 0 aliphatic rings. The Kier molecular flexibility index (Phi) is 6.22.